The van der Waals surface area contributed by atoms with Crippen molar-refractivity contribution in [1.82, 2.24) is 0 Å². The van der Waals surface area contributed by atoms with E-state index in [1.807, 2.05) is 0 Å². The first-order chi connectivity index (χ1) is 58.1. The third-order valence-electron chi connectivity index (χ3n) is 20.4. The minimum absolute atomic E-state index is 0.0202. The Labute approximate surface area is 680 Å². The van der Waals surface area contributed by atoms with Crippen LogP contribution < -0.4 is 62.6 Å². The first-order valence-corrected chi connectivity index (χ1v) is 35.7. The van der Waals surface area contributed by atoms with Crippen molar-refractivity contribution in [2.24, 2.45) is 0 Å². The summed E-state index contributed by atoms with van der Waals surface area (Å²) in [6.07, 6.45) is -1.66. The molecule has 0 amide bonds. The Morgan fingerprint density at radius 2 is 0.410 bits per heavy atom. The number of ether oxygens (including phenoxy) is 4. The van der Waals surface area contributed by atoms with Crippen LogP contribution in [0.1, 0.15) is 66.8 Å². The molecule has 12 aromatic rings. The van der Waals surface area contributed by atoms with Crippen LogP contribution in [-0.4, -0.2) is 12.3 Å². The maximum absolute atomic E-state index is 17.6. The van der Waals surface area contributed by atoms with Gasteiger partial charge >= 0.3 is 0 Å². The van der Waals surface area contributed by atoms with Gasteiger partial charge in [0.25, 0.3) is 0 Å². The van der Waals surface area contributed by atoms with Crippen LogP contribution in [0.25, 0.3) is 48.6 Å². The summed E-state index contributed by atoms with van der Waals surface area (Å²) in [5.41, 5.74) is -16.9. The fourth-order valence-electron chi connectivity index (χ4n) is 14.4. The zero-order valence-electron chi connectivity index (χ0n) is 62.8. The maximum Gasteiger partial charge on any atom is 0.200 e. The molecule has 0 aliphatic rings. The van der Waals surface area contributed by atoms with Gasteiger partial charge in [0.1, 0.15) is 138 Å². The Morgan fingerprint density at radius 1 is 0.213 bits per heavy atom. The van der Waals surface area contributed by atoms with E-state index in [9.17, 15) is 0 Å². The lowest BCUT2D eigenvalue weighted by molar-refractivity contribution is 0.262. The molecule has 0 saturated carbocycles. The second kappa shape index (κ2) is 36.4. The van der Waals surface area contributed by atoms with Crippen molar-refractivity contribution in [1.29, 1.82) is 0 Å². The molecule has 4 nitrogen and oxygen atoms in total. The Balaban J connectivity index is 0.000000296. The van der Waals surface area contributed by atoms with E-state index in [1.165, 1.54) is 109 Å². The highest BCUT2D eigenvalue weighted by atomic mass is 19.2. The predicted octanol–water partition coefficient (Wildman–Crippen LogP) is 20.9. The molecule has 0 spiro atoms. The highest BCUT2D eigenvalue weighted by Gasteiger charge is 2.53. The molecule has 30 heteroatoms. The van der Waals surface area contributed by atoms with Gasteiger partial charge in [0.2, 0.25) is 34.9 Å². The van der Waals surface area contributed by atoms with Gasteiger partial charge in [0, 0.05) is 22.3 Å². The summed E-state index contributed by atoms with van der Waals surface area (Å²) in [5.74, 6) is -66.0. The fraction of sp³-hybridized carbons (Fsp3) is 0.0435. The second-order valence-corrected chi connectivity index (χ2v) is 27.1. The molecule has 122 heavy (non-hydrogen) atoms. The lowest BCUT2D eigenvalue weighted by Gasteiger charge is -2.45. The molecule has 624 valence electrons. The molecule has 0 fully saturated rings. The van der Waals surface area contributed by atoms with Crippen molar-refractivity contribution >= 4 is 105 Å². The van der Waals surface area contributed by atoms with E-state index in [0.29, 0.717) is 22.3 Å². The third kappa shape index (κ3) is 16.1. The Hall–Kier alpha value is -13.8. The topological polar surface area (TPSA) is 36.9 Å². The van der Waals surface area contributed by atoms with Gasteiger partial charge in [-0.1, -0.05) is 235 Å². The highest BCUT2D eigenvalue weighted by Crippen LogP contribution is 2.38. The standard InChI is InChI=1S/C60H36BF16O4.C32H20BF8/c1-5-29-9-15-33(16-10-29)25-79-58-52(72)46(66)39(47(67)53(58)73)61(38-44(64)42(62)37(43(63)45(38)65)28-78-36-23-21-32(8-4)22-24-36,40-48(68)54(74)59(55(75)49(40)69)80-26-34-17-11-30(6-2)12-18-34)41-50(70)56(76)60(57(77)51(41)71)81-27-35-19-13-31(7-3)14-20-35;1-5-21-25(34)9-17(10-26(21)35)33(18-11-27(36)22(6-2)28(37)12-18,19-13-29(38)23(7-3)30(39)14-19)20-15-31(40)24(8-4)32(41)16-20/h5-24H,1-4,25-28H2;5-16H,1-4H2/q2*-1. The van der Waals surface area contributed by atoms with Crippen molar-refractivity contribution in [3.63, 3.8) is 0 Å². The van der Waals surface area contributed by atoms with Crippen LogP contribution in [0, 0.1) is 140 Å². The zero-order valence-corrected chi connectivity index (χ0v) is 62.8. The maximum atomic E-state index is 17.6. The van der Waals surface area contributed by atoms with Crippen LogP contribution in [0.2, 0.25) is 0 Å². The average molecular weight is 1700 g/mol. The minimum Gasteiger partial charge on any atom is -0.489 e. The quantitative estimate of drug-likeness (QED) is 0.0278. The molecule has 0 saturated heterocycles. The summed E-state index contributed by atoms with van der Waals surface area (Å²) >= 11 is 0. The number of hydrogen-bond acceptors (Lipinski definition) is 4. The van der Waals surface area contributed by atoms with Crippen molar-refractivity contribution in [2.45, 2.75) is 26.4 Å². The molecule has 0 unspecified atom stereocenters. The van der Waals surface area contributed by atoms with Crippen LogP contribution in [0.3, 0.4) is 0 Å². The first-order valence-electron chi connectivity index (χ1n) is 35.7. The van der Waals surface area contributed by atoms with Crippen LogP contribution in [0.15, 0.2) is 198 Å². The fourth-order valence-corrected chi connectivity index (χ4v) is 14.4. The molecule has 0 atom stereocenters. The summed E-state index contributed by atoms with van der Waals surface area (Å²) in [6, 6.07) is 26.6. The molecule has 12 rings (SSSR count). The Bertz CT molecular complexity index is 5290. The molecular weight excluding hydrogens is 1650 g/mol. The minimum atomic E-state index is -7.06. The summed E-state index contributed by atoms with van der Waals surface area (Å²) < 4.78 is 417. The molecule has 0 aliphatic heterocycles. The van der Waals surface area contributed by atoms with E-state index in [1.54, 1.807) is 0 Å². The van der Waals surface area contributed by atoms with Gasteiger partial charge in [-0.25, -0.2) is 79.0 Å². The highest BCUT2D eigenvalue weighted by molar-refractivity contribution is 7.20. The van der Waals surface area contributed by atoms with Crippen molar-refractivity contribution in [3.8, 4) is 23.0 Å². The normalized spacial score (nSPS) is 11.3. The largest absolute Gasteiger partial charge is 0.489 e. The van der Waals surface area contributed by atoms with Crippen LogP contribution in [0.4, 0.5) is 105 Å². The Morgan fingerprint density at radius 3 is 0.607 bits per heavy atom. The smallest absolute Gasteiger partial charge is 0.200 e. The molecule has 0 heterocycles. The summed E-state index contributed by atoms with van der Waals surface area (Å²) in [5, 5.41) is 0. The van der Waals surface area contributed by atoms with Crippen molar-refractivity contribution < 1.29 is 124 Å². The van der Waals surface area contributed by atoms with E-state index in [2.05, 4.69) is 52.6 Å². The molecule has 0 N–H and O–H groups in total. The van der Waals surface area contributed by atoms with Gasteiger partial charge in [-0.2, -0.15) is 48.2 Å². The SMILES string of the molecule is C=Cc1c(F)cc([B-](c2cc(F)c(C=C)c(F)c2)(c2cc(F)c(C=C)c(F)c2)c2cc(F)c(C=C)c(F)c2)cc1F.C=Cc1ccc(COc2c(F)c(F)c([B-](c3c(F)c(F)c(COc4ccc(C=C)cc4)c(F)c3F)(c3c(F)c(F)c(OCc4ccc(C=C)cc4)c(F)c3F)c3c(F)c(F)c(OCc4ccc(C=C)cc4)c(F)c3F)c(F)c2F)cc1. The molecule has 0 bridgehead atoms. The van der Waals surface area contributed by atoms with E-state index < -0.39 is 267 Å². The molecule has 0 aromatic heterocycles. The lowest BCUT2D eigenvalue weighted by Crippen LogP contribution is -2.81. The number of rotatable bonds is 28. The van der Waals surface area contributed by atoms with E-state index in [0.717, 1.165) is 85.0 Å². The number of halogens is 24. The average Bonchev–Trinajstić information content (AvgIpc) is 0.679. The third-order valence-corrected chi connectivity index (χ3v) is 20.4. The second-order valence-electron chi connectivity index (χ2n) is 27.1. The van der Waals surface area contributed by atoms with Gasteiger partial charge in [-0.3, -0.25) is 0 Å². The number of benzene rings is 12. The molecular formula is C92H56B2F24O4-2. The van der Waals surface area contributed by atoms with Gasteiger partial charge in [0.15, 0.2) is 28.9 Å². The monoisotopic (exact) mass is 1700 g/mol. The summed E-state index contributed by atoms with van der Waals surface area (Å²) in [7, 11) is 0. The van der Waals surface area contributed by atoms with E-state index in [4.69, 9.17) is 18.9 Å². The van der Waals surface area contributed by atoms with Gasteiger partial charge in [-0.15, -0.1) is 21.9 Å². The first kappa shape index (κ1) is 89.0. The van der Waals surface area contributed by atoms with Gasteiger partial charge in [0.05, 0.1) is 5.56 Å². The van der Waals surface area contributed by atoms with E-state index >= 15 is 105 Å². The van der Waals surface area contributed by atoms with Gasteiger partial charge in [-0.05, 0) is 51.1 Å². The predicted molar refractivity (Wildman–Crippen MR) is 423 cm³/mol. The van der Waals surface area contributed by atoms with Crippen LogP contribution >= 0.6 is 0 Å². The number of hydrogen-bond donors (Lipinski definition) is 0. The summed E-state index contributed by atoms with van der Waals surface area (Å²) in [6.45, 7) is 22.8. The van der Waals surface area contributed by atoms with E-state index in [-0.39, 0.29) is 22.4 Å². The van der Waals surface area contributed by atoms with Crippen LogP contribution in [-0.2, 0) is 26.4 Å². The van der Waals surface area contributed by atoms with Crippen LogP contribution in [0.5, 0.6) is 23.0 Å². The lowest BCUT2D eigenvalue weighted by atomic mass is 9.12. The molecule has 0 aliphatic carbocycles. The summed E-state index contributed by atoms with van der Waals surface area (Å²) in [4.78, 5) is 0. The van der Waals surface area contributed by atoms with Crippen molar-refractivity contribution in [3.05, 3.63) is 405 Å². The Kier molecular flexibility index (Phi) is 26.6. The van der Waals surface area contributed by atoms with Crippen molar-refractivity contribution in [2.75, 3.05) is 0 Å². The molecule has 0 radical (unpaired) electrons. The van der Waals surface area contributed by atoms with Gasteiger partial charge < -0.3 is 18.9 Å². The molecule has 12 aromatic carbocycles. The zero-order chi connectivity index (χ0) is 89.0.